The van der Waals surface area contributed by atoms with E-state index in [0.29, 0.717) is 13.1 Å². The molecule has 29 heavy (non-hydrogen) atoms. The number of hydrogen-bond donors (Lipinski definition) is 1. The molecule has 5 nitrogen and oxygen atoms in total. The number of thioether (sulfide) groups is 1. The molecule has 1 aliphatic heterocycles. The highest BCUT2D eigenvalue weighted by Gasteiger charge is 2.22. The number of benzene rings is 2. The second-order valence-corrected chi connectivity index (χ2v) is 8.71. The van der Waals surface area contributed by atoms with E-state index in [4.69, 9.17) is 0 Å². The lowest BCUT2D eigenvalue weighted by Crippen LogP contribution is -2.36. The van der Waals surface area contributed by atoms with E-state index in [2.05, 4.69) is 10.3 Å². The van der Waals surface area contributed by atoms with Gasteiger partial charge in [0.05, 0.1) is 17.9 Å². The minimum Gasteiger partial charge on any atom is -0.350 e. The number of thiazole rings is 1. The van der Waals surface area contributed by atoms with Crippen LogP contribution >= 0.6 is 23.1 Å². The summed E-state index contributed by atoms with van der Waals surface area (Å²) in [4.78, 5) is 32.3. The van der Waals surface area contributed by atoms with E-state index >= 15 is 0 Å². The molecule has 1 N–H and O–H groups in total. The Balaban J connectivity index is 1.27. The molecule has 7 heteroatoms. The fraction of sp³-hybridized carbons (Fsp3) is 0.227. The zero-order chi connectivity index (χ0) is 20.1. The van der Waals surface area contributed by atoms with Gasteiger partial charge in [-0.2, -0.15) is 0 Å². The number of carbonyl (C=O) groups excluding carboxylic acids is 2. The van der Waals surface area contributed by atoms with Crippen LogP contribution in [0.4, 0.5) is 5.69 Å². The zero-order valence-electron chi connectivity index (χ0n) is 15.8. The lowest BCUT2D eigenvalue weighted by Gasteiger charge is -2.29. The van der Waals surface area contributed by atoms with Gasteiger partial charge in [0.2, 0.25) is 11.8 Å². The summed E-state index contributed by atoms with van der Waals surface area (Å²) >= 11 is 3.28. The predicted molar refractivity (Wildman–Crippen MR) is 118 cm³/mol. The van der Waals surface area contributed by atoms with E-state index in [9.17, 15) is 9.59 Å². The number of anilines is 1. The van der Waals surface area contributed by atoms with Gasteiger partial charge in [-0.05, 0) is 12.1 Å². The summed E-state index contributed by atoms with van der Waals surface area (Å²) < 4.78 is 0. The second kappa shape index (κ2) is 9.24. The molecular formula is C22H21N3O2S2. The lowest BCUT2D eigenvalue weighted by molar-refractivity contribution is -0.125. The third-order valence-corrected chi connectivity index (χ3v) is 6.55. The van der Waals surface area contributed by atoms with Crippen molar-refractivity contribution in [3.05, 3.63) is 65.0 Å². The number of carbonyl (C=O) groups is 2. The van der Waals surface area contributed by atoms with Gasteiger partial charge in [-0.1, -0.05) is 42.5 Å². The number of fused-ring (bicyclic) bond motifs is 1. The minimum absolute atomic E-state index is 0.00601. The highest BCUT2D eigenvalue weighted by molar-refractivity contribution is 7.99. The first kappa shape index (κ1) is 19.7. The smallest absolute Gasteiger partial charge is 0.227 e. The number of nitrogens with one attached hydrogen (secondary N) is 1. The molecule has 0 saturated heterocycles. The SMILES string of the molecule is O=C(CCC(=O)N1CCSc2ccccc21)NCc1nc(-c2ccccc2)cs1. The van der Waals surface area contributed by atoms with Crippen LogP contribution in [0.3, 0.4) is 0 Å². The Hall–Kier alpha value is -2.64. The van der Waals surface area contributed by atoms with Crippen LogP contribution in [0, 0.1) is 0 Å². The third kappa shape index (κ3) is 4.86. The minimum atomic E-state index is -0.130. The van der Waals surface area contributed by atoms with Gasteiger partial charge in [-0.15, -0.1) is 23.1 Å². The van der Waals surface area contributed by atoms with Crippen LogP contribution in [-0.2, 0) is 16.1 Å². The van der Waals surface area contributed by atoms with Gasteiger partial charge in [0.1, 0.15) is 5.01 Å². The fourth-order valence-corrected chi connectivity index (χ4v) is 4.92. The molecule has 1 aliphatic rings. The van der Waals surface area contributed by atoms with Crippen molar-refractivity contribution in [1.29, 1.82) is 0 Å². The fourth-order valence-electron chi connectivity index (χ4n) is 3.18. The maximum atomic E-state index is 12.6. The Kier molecular flexibility index (Phi) is 6.27. The Labute approximate surface area is 178 Å². The zero-order valence-corrected chi connectivity index (χ0v) is 17.5. The van der Waals surface area contributed by atoms with Crippen molar-refractivity contribution < 1.29 is 9.59 Å². The van der Waals surface area contributed by atoms with Gasteiger partial charge in [0, 0.05) is 41.0 Å². The van der Waals surface area contributed by atoms with Crippen molar-refractivity contribution in [2.24, 2.45) is 0 Å². The average Bonchev–Trinajstić information content (AvgIpc) is 3.25. The van der Waals surface area contributed by atoms with Crippen molar-refractivity contribution in [1.82, 2.24) is 10.3 Å². The van der Waals surface area contributed by atoms with Crippen molar-refractivity contribution in [2.75, 3.05) is 17.2 Å². The molecule has 0 fully saturated rings. The van der Waals surface area contributed by atoms with E-state index in [1.807, 2.05) is 60.0 Å². The van der Waals surface area contributed by atoms with E-state index in [1.54, 1.807) is 16.7 Å². The van der Waals surface area contributed by atoms with Crippen LogP contribution in [0.25, 0.3) is 11.3 Å². The van der Waals surface area contributed by atoms with Gasteiger partial charge in [0.15, 0.2) is 0 Å². The monoisotopic (exact) mass is 423 g/mol. The maximum Gasteiger partial charge on any atom is 0.227 e. The molecular weight excluding hydrogens is 402 g/mol. The molecule has 0 aliphatic carbocycles. The van der Waals surface area contributed by atoms with Crippen LogP contribution in [0.1, 0.15) is 17.8 Å². The van der Waals surface area contributed by atoms with Crippen LogP contribution in [-0.4, -0.2) is 29.1 Å². The van der Waals surface area contributed by atoms with Crippen molar-refractivity contribution in [3.63, 3.8) is 0 Å². The molecule has 4 rings (SSSR count). The largest absolute Gasteiger partial charge is 0.350 e. The topological polar surface area (TPSA) is 62.3 Å². The number of para-hydroxylation sites is 1. The molecule has 0 unspecified atom stereocenters. The normalized spacial score (nSPS) is 13.0. The van der Waals surface area contributed by atoms with Crippen molar-refractivity contribution >= 4 is 40.6 Å². The number of hydrogen-bond acceptors (Lipinski definition) is 5. The Morgan fingerprint density at radius 1 is 1.03 bits per heavy atom. The van der Waals surface area contributed by atoms with E-state index in [1.165, 1.54) is 11.3 Å². The molecule has 1 aromatic heterocycles. The van der Waals surface area contributed by atoms with Crippen LogP contribution in [0.15, 0.2) is 64.9 Å². The third-order valence-electron chi connectivity index (χ3n) is 4.65. The summed E-state index contributed by atoms with van der Waals surface area (Å²) in [5.74, 6) is 0.742. The molecule has 0 saturated carbocycles. The molecule has 148 valence electrons. The first-order valence-corrected chi connectivity index (χ1v) is 11.4. The average molecular weight is 424 g/mol. The first-order valence-electron chi connectivity index (χ1n) is 9.49. The lowest BCUT2D eigenvalue weighted by atomic mass is 10.2. The molecule has 0 atom stereocenters. The highest BCUT2D eigenvalue weighted by Crippen LogP contribution is 2.34. The van der Waals surface area contributed by atoms with Crippen LogP contribution in [0.2, 0.25) is 0 Å². The summed E-state index contributed by atoms with van der Waals surface area (Å²) in [6.45, 7) is 1.07. The van der Waals surface area contributed by atoms with Gasteiger partial charge < -0.3 is 10.2 Å². The molecule has 3 aromatic rings. The summed E-state index contributed by atoms with van der Waals surface area (Å²) in [7, 11) is 0. The molecule has 0 spiro atoms. The van der Waals surface area contributed by atoms with Gasteiger partial charge in [-0.25, -0.2) is 4.98 Å². The summed E-state index contributed by atoms with van der Waals surface area (Å²) in [5, 5.41) is 5.72. The Bertz CT molecular complexity index is 1000. The van der Waals surface area contributed by atoms with Gasteiger partial charge in [-0.3, -0.25) is 9.59 Å². The number of aromatic nitrogens is 1. The van der Waals surface area contributed by atoms with E-state index < -0.39 is 0 Å². The van der Waals surface area contributed by atoms with Gasteiger partial charge in [0.25, 0.3) is 0 Å². The number of nitrogens with zero attached hydrogens (tertiary/aromatic N) is 2. The van der Waals surface area contributed by atoms with E-state index in [-0.39, 0.29) is 24.7 Å². The number of amides is 2. The molecule has 2 amide bonds. The highest BCUT2D eigenvalue weighted by atomic mass is 32.2. The number of rotatable bonds is 6. The maximum absolute atomic E-state index is 12.6. The summed E-state index contributed by atoms with van der Waals surface area (Å²) in [6, 6.07) is 17.9. The second-order valence-electron chi connectivity index (χ2n) is 6.63. The Morgan fingerprint density at radius 2 is 1.83 bits per heavy atom. The molecule has 0 radical (unpaired) electrons. The molecule has 0 bridgehead atoms. The van der Waals surface area contributed by atoms with Crippen LogP contribution < -0.4 is 10.2 Å². The van der Waals surface area contributed by atoms with Gasteiger partial charge >= 0.3 is 0 Å². The van der Waals surface area contributed by atoms with Crippen LogP contribution in [0.5, 0.6) is 0 Å². The summed E-state index contributed by atoms with van der Waals surface area (Å²) in [6.07, 6.45) is 0.388. The standard InChI is InChI=1S/C22H21N3O2S2/c26-20(23-14-21-24-17(15-29-21)16-6-2-1-3-7-16)10-11-22(27)25-12-13-28-19-9-5-4-8-18(19)25/h1-9,15H,10-14H2,(H,23,26). The van der Waals surface area contributed by atoms with Crippen molar-refractivity contribution in [2.45, 2.75) is 24.3 Å². The first-order chi connectivity index (χ1) is 14.2. The molecule has 2 aromatic carbocycles. The predicted octanol–water partition coefficient (Wildman–Crippen LogP) is 4.35. The van der Waals surface area contributed by atoms with E-state index in [0.717, 1.165) is 32.6 Å². The Morgan fingerprint density at radius 3 is 2.69 bits per heavy atom. The molecule has 2 heterocycles. The summed E-state index contributed by atoms with van der Waals surface area (Å²) in [5.41, 5.74) is 2.92. The quantitative estimate of drug-likeness (QED) is 0.640. The van der Waals surface area contributed by atoms with Crippen molar-refractivity contribution in [3.8, 4) is 11.3 Å².